The third kappa shape index (κ3) is 4.20. The maximum Gasteiger partial charge on any atom is 0.226 e. The van der Waals surface area contributed by atoms with Gasteiger partial charge in [-0.25, -0.2) is 0 Å². The monoisotopic (exact) mass is 323 g/mol. The summed E-state index contributed by atoms with van der Waals surface area (Å²) >= 11 is 0. The molecule has 0 aliphatic heterocycles. The van der Waals surface area contributed by atoms with Crippen LogP contribution in [0.1, 0.15) is 36.1 Å². The molecular formula is C20H25N3O. The van der Waals surface area contributed by atoms with Crippen molar-refractivity contribution in [2.75, 3.05) is 0 Å². The third-order valence-corrected chi connectivity index (χ3v) is 4.67. The van der Waals surface area contributed by atoms with Crippen LogP contribution in [0.25, 0.3) is 0 Å². The number of aromatic nitrogens is 1. The van der Waals surface area contributed by atoms with Crippen molar-refractivity contribution in [1.29, 1.82) is 0 Å². The van der Waals surface area contributed by atoms with E-state index in [2.05, 4.69) is 30.1 Å². The molecule has 1 aromatic carbocycles. The molecule has 0 bridgehead atoms. The molecule has 4 nitrogen and oxygen atoms in total. The van der Waals surface area contributed by atoms with Gasteiger partial charge in [0, 0.05) is 24.7 Å². The minimum atomic E-state index is 0.0496. The van der Waals surface area contributed by atoms with Gasteiger partial charge in [0.1, 0.15) is 0 Å². The zero-order chi connectivity index (χ0) is 16.9. The number of pyridine rings is 1. The van der Waals surface area contributed by atoms with Crippen molar-refractivity contribution >= 4 is 5.91 Å². The molecule has 0 spiro atoms. The first-order valence-corrected chi connectivity index (χ1v) is 8.61. The molecule has 2 unspecified atom stereocenters. The highest BCUT2D eigenvalue weighted by Crippen LogP contribution is 2.27. The first kappa shape index (κ1) is 16.7. The maximum atomic E-state index is 13.0. The van der Waals surface area contributed by atoms with Crippen molar-refractivity contribution in [1.82, 2.24) is 9.88 Å². The molecule has 2 N–H and O–H groups in total. The van der Waals surface area contributed by atoms with E-state index in [0.29, 0.717) is 13.1 Å². The van der Waals surface area contributed by atoms with Gasteiger partial charge in [-0.1, -0.05) is 35.9 Å². The van der Waals surface area contributed by atoms with Crippen LogP contribution in [0.4, 0.5) is 0 Å². The molecule has 3 rings (SSSR count). The highest BCUT2D eigenvalue weighted by atomic mass is 16.2. The van der Waals surface area contributed by atoms with Gasteiger partial charge >= 0.3 is 0 Å². The maximum absolute atomic E-state index is 13.0. The molecule has 2 atom stereocenters. The van der Waals surface area contributed by atoms with Gasteiger partial charge in [-0.3, -0.25) is 9.78 Å². The lowest BCUT2D eigenvalue weighted by Crippen LogP contribution is -2.35. The van der Waals surface area contributed by atoms with Crippen molar-refractivity contribution < 1.29 is 4.79 Å². The Labute approximate surface area is 143 Å². The SMILES string of the molecule is Cc1cccc(CN(Cc2ccccn2)C(=O)C2CCC(N)C2)c1. The van der Waals surface area contributed by atoms with E-state index in [-0.39, 0.29) is 17.9 Å². The Morgan fingerprint density at radius 3 is 2.75 bits per heavy atom. The zero-order valence-electron chi connectivity index (χ0n) is 14.2. The number of benzene rings is 1. The lowest BCUT2D eigenvalue weighted by atomic mass is 10.0. The third-order valence-electron chi connectivity index (χ3n) is 4.67. The molecule has 126 valence electrons. The Balaban J connectivity index is 1.78. The van der Waals surface area contributed by atoms with Crippen molar-refractivity contribution in [3.05, 3.63) is 65.5 Å². The molecule has 1 heterocycles. The molecule has 4 heteroatoms. The molecule has 24 heavy (non-hydrogen) atoms. The van der Waals surface area contributed by atoms with Crippen molar-refractivity contribution in [3.8, 4) is 0 Å². The Morgan fingerprint density at radius 1 is 1.21 bits per heavy atom. The van der Waals surface area contributed by atoms with E-state index in [1.807, 2.05) is 29.2 Å². The van der Waals surface area contributed by atoms with Gasteiger partial charge in [-0.2, -0.15) is 0 Å². The summed E-state index contributed by atoms with van der Waals surface area (Å²) in [7, 11) is 0. The average molecular weight is 323 g/mol. The first-order valence-electron chi connectivity index (χ1n) is 8.61. The lowest BCUT2D eigenvalue weighted by molar-refractivity contribution is -0.136. The number of carbonyl (C=O) groups is 1. The minimum Gasteiger partial charge on any atom is -0.332 e. The molecule has 1 aliphatic carbocycles. The summed E-state index contributed by atoms with van der Waals surface area (Å²) in [6.07, 6.45) is 4.41. The molecule has 0 radical (unpaired) electrons. The summed E-state index contributed by atoms with van der Waals surface area (Å²) in [5, 5.41) is 0. The quantitative estimate of drug-likeness (QED) is 0.920. The average Bonchev–Trinajstić information content (AvgIpc) is 3.01. The summed E-state index contributed by atoms with van der Waals surface area (Å²) in [5.41, 5.74) is 9.29. The number of hydrogen-bond donors (Lipinski definition) is 1. The normalized spacial score (nSPS) is 20.1. The van der Waals surface area contributed by atoms with Crippen LogP contribution in [-0.2, 0) is 17.9 Å². The fourth-order valence-electron chi connectivity index (χ4n) is 3.43. The molecule has 1 aliphatic rings. The van der Waals surface area contributed by atoms with Gasteiger partial charge in [0.2, 0.25) is 5.91 Å². The van der Waals surface area contributed by atoms with Gasteiger partial charge in [-0.05, 0) is 43.9 Å². The summed E-state index contributed by atoms with van der Waals surface area (Å²) in [5.74, 6) is 0.253. The summed E-state index contributed by atoms with van der Waals surface area (Å²) in [6, 6.07) is 14.3. The number of rotatable bonds is 5. The van der Waals surface area contributed by atoms with E-state index < -0.39 is 0 Å². The van der Waals surface area contributed by atoms with Crippen LogP contribution in [0.2, 0.25) is 0 Å². The van der Waals surface area contributed by atoms with E-state index in [4.69, 9.17) is 5.73 Å². The van der Waals surface area contributed by atoms with Crippen molar-refractivity contribution in [2.24, 2.45) is 11.7 Å². The van der Waals surface area contributed by atoms with Gasteiger partial charge < -0.3 is 10.6 Å². The van der Waals surface area contributed by atoms with Crippen LogP contribution in [0, 0.1) is 12.8 Å². The molecule has 1 saturated carbocycles. The highest BCUT2D eigenvalue weighted by molar-refractivity contribution is 5.79. The number of carbonyl (C=O) groups excluding carboxylic acids is 1. The van der Waals surface area contributed by atoms with Gasteiger partial charge in [-0.15, -0.1) is 0 Å². The summed E-state index contributed by atoms with van der Waals surface area (Å²) in [4.78, 5) is 19.3. The Morgan fingerprint density at radius 2 is 2.08 bits per heavy atom. The van der Waals surface area contributed by atoms with Crippen molar-refractivity contribution in [3.63, 3.8) is 0 Å². The number of hydrogen-bond acceptors (Lipinski definition) is 3. The van der Waals surface area contributed by atoms with E-state index in [9.17, 15) is 4.79 Å². The van der Waals surface area contributed by atoms with Crippen LogP contribution in [0.15, 0.2) is 48.7 Å². The molecule has 1 fully saturated rings. The zero-order valence-corrected chi connectivity index (χ0v) is 14.2. The fourth-order valence-corrected chi connectivity index (χ4v) is 3.43. The van der Waals surface area contributed by atoms with E-state index in [1.165, 1.54) is 5.56 Å². The number of nitrogens with zero attached hydrogens (tertiary/aromatic N) is 2. The number of amides is 1. The van der Waals surface area contributed by atoms with Crippen LogP contribution < -0.4 is 5.73 Å². The largest absolute Gasteiger partial charge is 0.332 e. The molecule has 1 amide bonds. The van der Waals surface area contributed by atoms with Crippen LogP contribution >= 0.6 is 0 Å². The van der Waals surface area contributed by atoms with E-state index in [1.54, 1.807) is 6.20 Å². The van der Waals surface area contributed by atoms with Crippen molar-refractivity contribution in [2.45, 2.75) is 45.3 Å². The Bertz CT molecular complexity index is 686. The minimum absolute atomic E-state index is 0.0496. The molecule has 2 aromatic rings. The van der Waals surface area contributed by atoms with Crippen LogP contribution in [-0.4, -0.2) is 21.8 Å². The van der Waals surface area contributed by atoms with Crippen LogP contribution in [0.5, 0.6) is 0 Å². The van der Waals surface area contributed by atoms with Crippen LogP contribution in [0.3, 0.4) is 0 Å². The second-order valence-corrected chi connectivity index (χ2v) is 6.77. The second-order valence-electron chi connectivity index (χ2n) is 6.77. The van der Waals surface area contributed by atoms with Gasteiger partial charge in [0.05, 0.1) is 12.2 Å². The summed E-state index contributed by atoms with van der Waals surface area (Å²) < 4.78 is 0. The topological polar surface area (TPSA) is 59.2 Å². The van der Waals surface area contributed by atoms with Gasteiger partial charge in [0.25, 0.3) is 0 Å². The fraction of sp³-hybridized carbons (Fsp3) is 0.400. The van der Waals surface area contributed by atoms with E-state index in [0.717, 1.165) is 30.5 Å². The van der Waals surface area contributed by atoms with Gasteiger partial charge in [0.15, 0.2) is 0 Å². The Kier molecular flexibility index (Phi) is 5.26. The number of nitrogens with two attached hydrogens (primary N) is 1. The lowest BCUT2D eigenvalue weighted by Gasteiger charge is -2.26. The molecule has 1 aromatic heterocycles. The first-order chi connectivity index (χ1) is 11.6. The standard InChI is InChI=1S/C20H25N3O/c1-15-5-4-6-16(11-15)13-23(14-19-7-2-3-10-22-19)20(24)17-8-9-18(21)12-17/h2-7,10-11,17-18H,8-9,12-14,21H2,1H3. The number of aryl methyl sites for hydroxylation is 1. The molecular weight excluding hydrogens is 298 g/mol. The predicted octanol–water partition coefficient (Wildman–Crippen LogP) is 3.05. The molecule has 0 saturated heterocycles. The summed E-state index contributed by atoms with van der Waals surface area (Å²) in [6.45, 7) is 3.23. The van der Waals surface area contributed by atoms with E-state index >= 15 is 0 Å². The smallest absolute Gasteiger partial charge is 0.226 e. The highest BCUT2D eigenvalue weighted by Gasteiger charge is 2.31. The second kappa shape index (κ2) is 7.58. The Hall–Kier alpha value is -2.20. The predicted molar refractivity (Wildman–Crippen MR) is 95.0 cm³/mol.